The first-order valence-corrected chi connectivity index (χ1v) is 7.63. The standard InChI is InChI=1S/C18H11F3N4O2/c19-18(20,21)12-5-6-13-14(7-12)25-16(15(24-13)17(26)27)23-9-11-3-1-10(8-22)2-4-11/h1-7H,9H2,(H,23,25)(H,26,27). The molecule has 0 aliphatic rings. The van der Waals surface area contributed by atoms with Crippen molar-refractivity contribution < 1.29 is 23.1 Å². The lowest BCUT2D eigenvalue weighted by Gasteiger charge is -2.11. The minimum atomic E-state index is -4.54. The van der Waals surface area contributed by atoms with Crippen LogP contribution in [0.15, 0.2) is 42.5 Å². The van der Waals surface area contributed by atoms with E-state index in [0.717, 1.165) is 23.8 Å². The highest BCUT2D eigenvalue weighted by atomic mass is 19.4. The van der Waals surface area contributed by atoms with Crippen molar-refractivity contribution in [3.63, 3.8) is 0 Å². The van der Waals surface area contributed by atoms with Crippen LogP contribution in [0.4, 0.5) is 19.0 Å². The fourth-order valence-corrected chi connectivity index (χ4v) is 2.39. The van der Waals surface area contributed by atoms with Crippen molar-refractivity contribution >= 4 is 22.8 Å². The molecule has 0 fully saturated rings. The van der Waals surface area contributed by atoms with Crippen LogP contribution >= 0.6 is 0 Å². The van der Waals surface area contributed by atoms with E-state index in [4.69, 9.17) is 5.26 Å². The number of aromatic carboxylic acids is 1. The molecule has 136 valence electrons. The molecule has 0 saturated heterocycles. The zero-order chi connectivity index (χ0) is 19.6. The minimum absolute atomic E-state index is 0.0457. The Labute approximate surface area is 150 Å². The lowest BCUT2D eigenvalue weighted by Crippen LogP contribution is -2.12. The van der Waals surface area contributed by atoms with Crippen molar-refractivity contribution in [2.24, 2.45) is 0 Å². The van der Waals surface area contributed by atoms with Crippen molar-refractivity contribution in [3.05, 3.63) is 64.8 Å². The molecule has 3 rings (SSSR count). The van der Waals surface area contributed by atoms with Crippen molar-refractivity contribution in [1.82, 2.24) is 9.97 Å². The summed E-state index contributed by atoms with van der Waals surface area (Å²) in [4.78, 5) is 19.3. The van der Waals surface area contributed by atoms with Gasteiger partial charge in [0.1, 0.15) is 0 Å². The van der Waals surface area contributed by atoms with Crippen LogP contribution in [0.1, 0.15) is 27.2 Å². The summed E-state index contributed by atoms with van der Waals surface area (Å²) in [6, 6.07) is 11.2. The number of fused-ring (bicyclic) bond motifs is 1. The average Bonchev–Trinajstić information content (AvgIpc) is 2.64. The first-order chi connectivity index (χ1) is 12.8. The maximum atomic E-state index is 12.9. The molecule has 0 aliphatic heterocycles. The summed E-state index contributed by atoms with van der Waals surface area (Å²) in [6.07, 6.45) is -4.54. The van der Waals surface area contributed by atoms with E-state index in [9.17, 15) is 23.1 Å². The SMILES string of the molecule is N#Cc1ccc(CNc2nc3cc(C(F)(F)F)ccc3nc2C(=O)O)cc1. The molecule has 0 aliphatic carbocycles. The van der Waals surface area contributed by atoms with Crippen molar-refractivity contribution in [2.75, 3.05) is 5.32 Å². The molecule has 0 unspecified atom stereocenters. The van der Waals surface area contributed by atoms with E-state index in [0.29, 0.717) is 5.56 Å². The molecule has 1 aromatic heterocycles. The normalized spacial score (nSPS) is 11.2. The van der Waals surface area contributed by atoms with E-state index in [1.54, 1.807) is 24.3 Å². The third-order valence-electron chi connectivity index (χ3n) is 3.74. The summed E-state index contributed by atoms with van der Waals surface area (Å²) in [5.74, 6) is -1.50. The molecule has 6 nitrogen and oxygen atoms in total. The Morgan fingerprint density at radius 1 is 1.11 bits per heavy atom. The van der Waals surface area contributed by atoms with Gasteiger partial charge in [-0.15, -0.1) is 0 Å². The number of carboxylic acid groups (broad SMARTS) is 1. The average molecular weight is 372 g/mol. The van der Waals surface area contributed by atoms with Crippen LogP contribution in [0.2, 0.25) is 0 Å². The van der Waals surface area contributed by atoms with Crippen LogP contribution in [0.3, 0.4) is 0 Å². The van der Waals surface area contributed by atoms with Gasteiger partial charge in [0.25, 0.3) is 0 Å². The Morgan fingerprint density at radius 3 is 2.41 bits per heavy atom. The molecule has 27 heavy (non-hydrogen) atoms. The molecule has 0 radical (unpaired) electrons. The van der Waals surface area contributed by atoms with Gasteiger partial charge in [0.05, 0.1) is 28.2 Å². The van der Waals surface area contributed by atoms with Crippen molar-refractivity contribution in [2.45, 2.75) is 12.7 Å². The molecule has 0 atom stereocenters. The second kappa shape index (κ2) is 6.92. The Balaban J connectivity index is 1.96. The number of hydrogen-bond acceptors (Lipinski definition) is 5. The molecular weight excluding hydrogens is 361 g/mol. The Kier molecular flexibility index (Phi) is 4.64. The molecule has 1 heterocycles. The van der Waals surface area contributed by atoms with Crippen LogP contribution in [0, 0.1) is 11.3 Å². The number of aromatic nitrogens is 2. The molecular formula is C18H11F3N4O2. The molecule has 2 aromatic carbocycles. The Bertz CT molecular complexity index is 1060. The lowest BCUT2D eigenvalue weighted by atomic mass is 10.1. The van der Waals surface area contributed by atoms with Crippen LogP contribution < -0.4 is 5.32 Å². The highest BCUT2D eigenvalue weighted by Gasteiger charge is 2.31. The third kappa shape index (κ3) is 3.95. The number of nitrogens with zero attached hydrogens (tertiary/aromatic N) is 3. The number of rotatable bonds is 4. The van der Waals surface area contributed by atoms with Gasteiger partial charge in [0, 0.05) is 6.54 Å². The van der Waals surface area contributed by atoms with Gasteiger partial charge >= 0.3 is 12.1 Å². The Hall–Kier alpha value is -3.67. The minimum Gasteiger partial charge on any atom is -0.476 e. The zero-order valence-corrected chi connectivity index (χ0v) is 13.6. The number of nitriles is 1. The van der Waals surface area contributed by atoms with Crippen LogP contribution in [-0.4, -0.2) is 21.0 Å². The molecule has 0 spiro atoms. The molecule has 0 saturated carbocycles. The van der Waals surface area contributed by atoms with Crippen LogP contribution in [0.5, 0.6) is 0 Å². The smallest absolute Gasteiger partial charge is 0.416 e. The highest BCUT2D eigenvalue weighted by Crippen LogP contribution is 2.31. The predicted octanol–water partition coefficient (Wildman–Crippen LogP) is 3.83. The zero-order valence-electron chi connectivity index (χ0n) is 13.6. The fraction of sp³-hybridized carbons (Fsp3) is 0.111. The van der Waals surface area contributed by atoms with Crippen LogP contribution in [0.25, 0.3) is 11.0 Å². The summed E-state index contributed by atoms with van der Waals surface area (Å²) < 4.78 is 38.6. The van der Waals surface area contributed by atoms with Gasteiger partial charge in [0.15, 0.2) is 11.5 Å². The first kappa shape index (κ1) is 18.1. The fourth-order valence-electron chi connectivity index (χ4n) is 2.39. The number of carbonyl (C=O) groups is 1. The van der Waals surface area contributed by atoms with Gasteiger partial charge in [-0.3, -0.25) is 0 Å². The molecule has 0 amide bonds. The number of halogens is 3. The number of alkyl halides is 3. The second-order valence-corrected chi connectivity index (χ2v) is 5.59. The predicted molar refractivity (Wildman–Crippen MR) is 90.0 cm³/mol. The highest BCUT2D eigenvalue weighted by molar-refractivity contribution is 5.94. The van der Waals surface area contributed by atoms with Gasteiger partial charge < -0.3 is 10.4 Å². The molecule has 2 N–H and O–H groups in total. The molecule has 3 aromatic rings. The van der Waals surface area contributed by atoms with E-state index < -0.39 is 23.4 Å². The van der Waals surface area contributed by atoms with Gasteiger partial charge in [-0.1, -0.05) is 12.1 Å². The van der Waals surface area contributed by atoms with Gasteiger partial charge in [-0.05, 0) is 35.9 Å². The molecule has 0 bridgehead atoms. The summed E-state index contributed by atoms with van der Waals surface area (Å²) >= 11 is 0. The summed E-state index contributed by atoms with van der Waals surface area (Å²) in [7, 11) is 0. The van der Waals surface area contributed by atoms with Crippen molar-refractivity contribution in [1.29, 1.82) is 5.26 Å². The second-order valence-electron chi connectivity index (χ2n) is 5.59. The third-order valence-corrected chi connectivity index (χ3v) is 3.74. The van der Waals surface area contributed by atoms with E-state index >= 15 is 0 Å². The van der Waals surface area contributed by atoms with Crippen molar-refractivity contribution in [3.8, 4) is 6.07 Å². The van der Waals surface area contributed by atoms with Crippen LogP contribution in [-0.2, 0) is 12.7 Å². The monoisotopic (exact) mass is 372 g/mol. The quantitative estimate of drug-likeness (QED) is 0.722. The lowest BCUT2D eigenvalue weighted by molar-refractivity contribution is -0.137. The number of hydrogen-bond donors (Lipinski definition) is 2. The van der Waals surface area contributed by atoms with Gasteiger partial charge in [-0.2, -0.15) is 18.4 Å². The number of carboxylic acids is 1. The number of benzene rings is 2. The first-order valence-electron chi connectivity index (χ1n) is 7.63. The Morgan fingerprint density at radius 2 is 1.81 bits per heavy atom. The summed E-state index contributed by atoms with van der Waals surface area (Å²) in [6.45, 7) is 0.158. The van der Waals surface area contributed by atoms with Gasteiger partial charge in [-0.25, -0.2) is 14.8 Å². The number of anilines is 1. The topological polar surface area (TPSA) is 98.9 Å². The molecule has 9 heteroatoms. The maximum absolute atomic E-state index is 12.9. The summed E-state index contributed by atoms with van der Waals surface area (Å²) in [5.41, 5.74) is -0.116. The van der Waals surface area contributed by atoms with E-state index in [1.165, 1.54) is 0 Å². The summed E-state index contributed by atoms with van der Waals surface area (Å²) in [5, 5.41) is 20.9. The number of nitrogens with one attached hydrogen (secondary N) is 1. The van der Waals surface area contributed by atoms with Gasteiger partial charge in [0.2, 0.25) is 0 Å². The maximum Gasteiger partial charge on any atom is 0.416 e. The van der Waals surface area contributed by atoms with E-state index in [2.05, 4.69) is 15.3 Å². The van der Waals surface area contributed by atoms with E-state index in [-0.39, 0.29) is 23.4 Å². The largest absolute Gasteiger partial charge is 0.476 e. The van der Waals surface area contributed by atoms with E-state index in [1.807, 2.05) is 6.07 Å².